The number of imidazole rings is 1. The van der Waals surface area contributed by atoms with Crippen LogP contribution in [0.1, 0.15) is 29.9 Å². The molecule has 0 spiro atoms. The zero-order valence-electron chi connectivity index (χ0n) is 15.3. The summed E-state index contributed by atoms with van der Waals surface area (Å²) in [7, 11) is 1.65. The molecule has 0 fully saturated rings. The molecule has 5 nitrogen and oxygen atoms in total. The van der Waals surface area contributed by atoms with Crippen molar-refractivity contribution in [3.63, 3.8) is 0 Å². The number of rotatable bonds is 4. The van der Waals surface area contributed by atoms with E-state index in [4.69, 9.17) is 0 Å². The molecule has 2 heterocycles. The first kappa shape index (κ1) is 21.1. The second-order valence-electron chi connectivity index (χ2n) is 6.09. The Kier molecular flexibility index (Phi) is 7.11. The van der Waals surface area contributed by atoms with Gasteiger partial charge in [-0.3, -0.25) is 4.99 Å². The van der Waals surface area contributed by atoms with Crippen LogP contribution in [0.25, 0.3) is 5.65 Å². The van der Waals surface area contributed by atoms with Crippen molar-refractivity contribution in [2.45, 2.75) is 26.4 Å². The summed E-state index contributed by atoms with van der Waals surface area (Å²) in [4.78, 5) is 8.74. The number of hydrogen-bond donors (Lipinski definition) is 2. The molecule has 1 atom stereocenters. The molecular weight excluding hydrogens is 463 g/mol. The number of aliphatic imine (C=N–C) groups is 1. The molecule has 2 aromatic heterocycles. The first-order valence-electron chi connectivity index (χ1n) is 8.33. The van der Waals surface area contributed by atoms with Crippen LogP contribution in [0.15, 0.2) is 47.6 Å². The Labute approximate surface area is 173 Å². The molecule has 8 heteroatoms. The zero-order valence-corrected chi connectivity index (χ0v) is 17.7. The quantitative estimate of drug-likeness (QED) is 0.334. The number of halogens is 3. The summed E-state index contributed by atoms with van der Waals surface area (Å²) < 4.78 is 28.5. The summed E-state index contributed by atoms with van der Waals surface area (Å²) in [6.45, 7) is 4.37. The lowest BCUT2D eigenvalue weighted by Gasteiger charge is -2.18. The highest BCUT2D eigenvalue weighted by Gasteiger charge is 2.11. The number of aromatic nitrogens is 2. The highest BCUT2D eigenvalue weighted by molar-refractivity contribution is 14.0. The van der Waals surface area contributed by atoms with Gasteiger partial charge in [-0.1, -0.05) is 12.1 Å². The average molecular weight is 485 g/mol. The van der Waals surface area contributed by atoms with Crippen LogP contribution in [-0.2, 0) is 6.54 Å². The van der Waals surface area contributed by atoms with Gasteiger partial charge >= 0.3 is 0 Å². The summed E-state index contributed by atoms with van der Waals surface area (Å²) in [5, 5.41) is 6.35. The van der Waals surface area contributed by atoms with Crippen LogP contribution >= 0.6 is 24.0 Å². The predicted octanol–water partition coefficient (Wildman–Crippen LogP) is 3.97. The molecule has 0 aliphatic heterocycles. The van der Waals surface area contributed by atoms with Crippen molar-refractivity contribution in [3.05, 3.63) is 71.2 Å². The second-order valence-corrected chi connectivity index (χ2v) is 6.09. The molecule has 0 amide bonds. The van der Waals surface area contributed by atoms with Crippen LogP contribution in [-0.4, -0.2) is 22.4 Å². The van der Waals surface area contributed by atoms with Crippen molar-refractivity contribution in [1.82, 2.24) is 20.0 Å². The molecule has 1 unspecified atom stereocenters. The SMILES string of the molecule is CN=C(NCc1cn2c(C)cccc2n1)NC(C)c1ccc(F)c(F)c1.I. The van der Waals surface area contributed by atoms with E-state index < -0.39 is 11.6 Å². The molecule has 2 N–H and O–H groups in total. The molecule has 0 saturated carbocycles. The van der Waals surface area contributed by atoms with Crippen LogP contribution in [0.2, 0.25) is 0 Å². The van der Waals surface area contributed by atoms with E-state index in [0.29, 0.717) is 18.1 Å². The van der Waals surface area contributed by atoms with Crippen LogP contribution in [0, 0.1) is 18.6 Å². The fraction of sp³-hybridized carbons (Fsp3) is 0.263. The first-order chi connectivity index (χ1) is 12.5. The third-order valence-corrected chi connectivity index (χ3v) is 4.20. The number of hydrogen-bond acceptors (Lipinski definition) is 2. The fourth-order valence-corrected chi connectivity index (χ4v) is 2.72. The van der Waals surface area contributed by atoms with E-state index in [9.17, 15) is 8.78 Å². The van der Waals surface area contributed by atoms with E-state index in [1.54, 1.807) is 13.1 Å². The van der Waals surface area contributed by atoms with Gasteiger partial charge < -0.3 is 15.0 Å². The van der Waals surface area contributed by atoms with Gasteiger partial charge in [-0.25, -0.2) is 13.8 Å². The lowest BCUT2D eigenvalue weighted by Crippen LogP contribution is -2.38. The summed E-state index contributed by atoms with van der Waals surface area (Å²) >= 11 is 0. The van der Waals surface area contributed by atoms with Crippen LogP contribution in [0.3, 0.4) is 0 Å². The van der Waals surface area contributed by atoms with Crippen molar-refractivity contribution in [3.8, 4) is 0 Å². The number of pyridine rings is 1. The maximum absolute atomic E-state index is 13.4. The smallest absolute Gasteiger partial charge is 0.191 e. The summed E-state index contributed by atoms with van der Waals surface area (Å²) in [6, 6.07) is 9.57. The Morgan fingerprint density at radius 3 is 2.67 bits per heavy atom. The second kappa shape index (κ2) is 9.12. The molecule has 3 aromatic rings. The maximum atomic E-state index is 13.4. The number of aryl methyl sites for hydroxylation is 1. The van der Waals surface area contributed by atoms with Crippen molar-refractivity contribution in [2.75, 3.05) is 7.05 Å². The van der Waals surface area contributed by atoms with Crippen molar-refractivity contribution >= 4 is 35.6 Å². The molecule has 144 valence electrons. The van der Waals surface area contributed by atoms with Crippen LogP contribution < -0.4 is 10.6 Å². The standard InChI is InChI=1S/C19H21F2N5.HI/c1-12-5-4-6-18-25-15(11-26(12)18)10-23-19(22-3)24-13(2)14-7-8-16(20)17(21)9-14;/h4-9,11,13H,10H2,1-3H3,(H2,22,23,24);1H. The average Bonchev–Trinajstić information content (AvgIpc) is 3.05. The van der Waals surface area contributed by atoms with Gasteiger partial charge in [-0.2, -0.15) is 0 Å². The number of benzene rings is 1. The molecule has 0 bridgehead atoms. The highest BCUT2D eigenvalue weighted by Crippen LogP contribution is 2.16. The Balaban J connectivity index is 0.00000261. The Morgan fingerprint density at radius 2 is 2.00 bits per heavy atom. The van der Waals surface area contributed by atoms with Crippen LogP contribution in [0.4, 0.5) is 8.78 Å². The maximum Gasteiger partial charge on any atom is 0.191 e. The monoisotopic (exact) mass is 485 g/mol. The lowest BCUT2D eigenvalue weighted by atomic mass is 10.1. The molecule has 0 radical (unpaired) electrons. The van der Waals surface area contributed by atoms with Crippen LogP contribution in [0.5, 0.6) is 0 Å². The first-order valence-corrected chi connectivity index (χ1v) is 8.33. The number of nitrogens with one attached hydrogen (secondary N) is 2. The van der Waals surface area contributed by atoms with Crippen molar-refractivity contribution in [1.29, 1.82) is 0 Å². The highest BCUT2D eigenvalue weighted by atomic mass is 127. The summed E-state index contributed by atoms with van der Waals surface area (Å²) in [6.07, 6.45) is 1.98. The third-order valence-electron chi connectivity index (χ3n) is 4.20. The Bertz CT molecular complexity index is 954. The molecular formula is C19H22F2IN5. The Morgan fingerprint density at radius 1 is 1.22 bits per heavy atom. The van der Waals surface area contributed by atoms with Gasteiger partial charge in [-0.05, 0) is 43.7 Å². The van der Waals surface area contributed by atoms with Crippen molar-refractivity contribution < 1.29 is 8.78 Å². The van der Waals surface area contributed by atoms with E-state index in [1.807, 2.05) is 42.6 Å². The van der Waals surface area contributed by atoms with Gasteiger partial charge in [0.2, 0.25) is 0 Å². The topological polar surface area (TPSA) is 53.7 Å². The molecule has 0 saturated heterocycles. The predicted molar refractivity (Wildman–Crippen MR) is 113 cm³/mol. The molecule has 1 aromatic carbocycles. The third kappa shape index (κ3) is 4.94. The normalized spacial score (nSPS) is 12.6. The van der Waals surface area contributed by atoms with E-state index in [0.717, 1.165) is 23.1 Å². The number of guanidine groups is 1. The Hall–Kier alpha value is -2.23. The van der Waals surface area contributed by atoms with Gasteiger partial charge in [0.1, 0.15) is 5.65 Å². The molecule has 3 rings (SSSR count). The zero-order chi connectivity index (χ0) is 18.7. The van der Waals surface area contributed by atoms with E-state index in [2.05, 4.69) is 20.6 Å². The molecule has 27 heavy (non-hydrogen) atoms. The summed E-state index contributed by atoms with van der Waals surface area (Å²) in [5.74, 6) is -1.17. The number of fused-ring (bicyclic) bond motifs is 1. The van der Waals surface area contributed by atoms with Gasteiger partial charge in [0.25, 0.3) is 0 Å². The van der Waals surface area contributed by atoms with E-state index in [-0.39, 0.29) is 30.0 Å². The number of nitrogens with zero attached hydrogens (tertiary/aromatic N) is 3. The minimum atomic E-state index is -0.862. The lowest BCUT2D eigenvalue weighted by molar-refractivity contribution is 0.504. The van der Waals surface area contributed by atoms with E-state index >= 15 is 0 Å². The van der Waals surface area contributed by atoms with Gasteiger partial charge in [0.15, 0.2) is 17.6 Å². The van der Waals surface area contributed by atoms with E-state index in [1.165, 1.54) is 6.07 Å². The summed E-state index contributed by atoms with van der Waals surface area (Å²) in [5.41, 5.74) is 3.51. The minimum absolute atomic E-state index is 0. The molecule has 0 aliphatic carbocycles. The van der Waals surface area contributed by atoms with Gasteiger partial charge in [0, 0.05) is 18.9 Å². The van der Waals surface area contributed by atoms with Crippen molar-refractivity contribution in [2.24, 2.45) is 4.99 Å². The largest absolute Gasteiger partial charge is 0.351 e. The minimum Gasteiger partial charge on any atom is -0.351 e. The van der Waals surface area contributed by atoms with Gasteiger partial charge in [-0.15, -0.1) is 24.0 Å². The van der Waals surface area contributed by atoms with Gasteiger partial charge in [0.05, 0.1) is 18.3 Å². The fourth-order valence-electron chi connectivity index (χ4n) is 2.72. The molecule has 0 aliphatic rings.